The molecule has 0 bridgehead atoms. The van der Waals surface area contributed by atoms with Gasteiger partial charge >= 0.3 is 5.97 Å². The first kappa shape index (κ1) is 7.40. The van der Waals surface area contributed by atoms with E-state index in [1.807, 2.05) is 0 Å². The van der Waals surface area contributed by atoms with Gasteiger partial charge < -0.3 is 5.11 Å². The molecule has 4 nitrogen and oxygen atoms in total. The average molecular weight is 152 g/mol. The van der Waals surface area contributed by atoms with E-state index in [2.05, 4.69) is 0 Å². The summed E-state index contributed by atoms with van der Waals surface area (Å²) in [4.78, 5) is 31.4. The molecule has 56 valence electrons. The zero-order chi connectivity index (χ0) is 8.43. The van der Waals surface area contributed by atoms with Crippen LogP contribution in [0.5, 0.6) is 0 Å². The predicted octanol–water partition coefficient (Wildman–Crippen LogP) is -0.295. The molecule has 0 saturated carbocycles. The predicted molar refractivity (Wildman–Crippen MR) is 34.9 cm³/mol. The van der Waals surface area contributed by atoms with Crippen LogP contribution in [0.3, 0.4) is 0 Å². The van der Waals surface area contributed by atoms with Gasteiger partial charge in [0.2, 0.25) is 0 Å². The number of carboxylic acids is 1. The van der Waals surface area contributed by atoms with E-state index in [0.717, 1.165) is 12.2 Å². The maximum Gasteiger partial charge on any atom is 0.329 e. The fraction of sp³-hybridized carbons (Fsp3) is 0. The van der Waals surface area contributed by atoms with Crippen LogP contribution < -0.4 is 0 Å². The van der Waals surface area contributed by atoms with Crippen LogP contribution in [0.4, 0.5) is 0 Å². The summed E-state index contributed by atoms with van der Waals surface area (Å²) >= 11 is 0. The Hall–Kier alpha value is -1.71. The number of hydrogen-bond donors (Lipinski definition) is 1. The molecule has 1 aliphatic carbocycles. The molecular formula is C7H4O4. The number of rotatable bonds is 1. The lowest BCUT2D eigenvalue weighted by atomic mass is 10.2. The summed E-state index contributed by atoms with van der Waals surface area (Å²) in [6.45, 7) is 0. The second-order valence-electron chi connectivity index (χ2n) is 1.96. The van der Waals surface area contributed by atoms with Crippen molar-refractivity contribution < 1.29 is 19.5 Å². The Morgan fingerprint density at radius 3 is 2.09 bits per heavy atom. The molecular weight excluding hydrogens is 148 g/mol. The molecule has 0 radical (unpaired) electrons. The summed E-state index contributed by atoms with van der Waals surface area (Å²) in [7, 11) is 0. The van der Waals surface area contributed by atoms with Crippen molar-refractivity contribution in [2.75, 3.05) is 0 Å². The Bertz CT molecular complexity index is 276. The minimum absolute atomic E-state index is 0.280. The molecule has 1 rings (SSSR count). The van der Waals surface area contributed by atoms with Crippen LogP contribution in [0.2, 0.25) is 0 Å². The maximum atomic E-state index is 10.7. The van der Waals surface area contributed by atoms with Gasteiger partial charge in [-0.1, -0.05) is 0 Å². The largest absolute Gasteiger partial charge is 0.478 e. The SMILES string of the molecule is O=C(O)C=C1C(=O)C=CC1=O. The fourth-order valence-corrected chi connectivity index (χ4v) is 0.718. The lowest BCUT2D eigenvalue weighted by molar-refractivity contribution is -0.132. The van der Waals surface area contributed by atoms with Crippen LogP contribution >= 0.6 is 0 Å². The topological polar surface area (TPSA) is 71.4 Å². The zero-order valence-electron chi connectivity index (χ0n) is 5.40. The van der Waals surface area contributed by atoms with Crippen LogP contribution in [-0.2, 0) is 14.4 Å². The Morgan fingerprint density at radius 1 is 1.27 bits per heavy atom. The van der Waals surface area contributed by atoms with Gasteiger partial charge in [0, 0.05) is 6.08 Å². The second kappa shape index (κ2) is 2.49. The van der Waals surface area contributed by atoms with Crippen molar-refractivity contribution >= 4 is 17.5 Å². The van der Waals surface area contributed by atoms with E-state index in [4.69, 9.17) is 5.11 Å². The first-order chi connectivity index (χ1) is 5.11. The van der Waals surface area contributed by atoms with Crippen LogP contribution in [0.15, 0.2) is 23.8 Å². The lowest BCUT2D eigenvalue weighted by Crippen LogP contribution is -2.04. The summed E-state index contributed by atoms with van der Waals surface area (Å²) in [5.41, 5.74) is -0.280. The van der Waals surface area contributed by atoms with Crippen molar-refractivity contribution in [2.45, 2.75) is 0 Å². The van der Waals surface area contributed by atoms with Crippen molar-refractivity contribution in [1.29, 1.82) is 0 Å². The molecule has 0 atom stereocenters. The minimum Gasteiger partial charge on any atom is -0.478 e. The standard InChI is InChI=1S/C7H4O4/c8-5-1-2-6(9)4(5)3-7(10)11/h1-3H,(H,10,11). The highest BCUT2D eigenvalue weighted by atomic mass is 16.4. The van der Waals surface area contributed by atoms with E-state index >= 15 is 0 Å². The highest BCUT2D eigenvalue weighted by Crippen LogP contribution is 2.08. The molecule has 4 heteroatoms. The summed E-state index contributed by atoms with van der Waals surface area (Å²) < 4.78 is 0. The number of carboxylic acid groups (broad SMARTS) is 1. The fourth-order valence-electron chi connectivity index (χ4n) is 0.718. The Labute approximate surface area is 61.8 Å². The highest BCUT2D eigenvalue weighted by molar-refractivity contribution is 6.34. The smallest absolute Gasteiger partial charge is 0.329 e. The zero-order valence-corrected chi connectivity index (χ0v) is 5.40. The molecule has 0 aromatic carbocycles. The first-order valence-electron chi connectivity index (χ1n) is 2.82. The van der Waals surface area contributed by atoms with E-state index in [1.54, 1.807) is 0 Å². The van der Waals surface area contributed by atoms with Crippen molar-refractivity contribution in [3.05, 3.63) is 23.8 Å². The Kier molecular flexibility index (Phi) is 1.68. The quantitative estimate of drug-likeness (QED) is 0.413. The molecule has 1 aliphatic rings. The number of aliphatic carboxylic acids is 1. The monoisotopic (exact) mass is 152 g/mol. The van der Waals surface area contributed by atoms with Crippen LogP contribution in [0.25, 0.3) is 0 Å². The van der Waals surface area contributed by atoms with Crippen molar-refractivity contribution in [3.63, 3.8) is 0 Å². The molecule has 0 heterocycles. The molecule has 0 aromatic rings. The van der Waals surface area contributed by atoms with E-state index < -0.39 is 17.5 Å². The number of carbonyl (C=O) groups excluding carboxylic acids is 2. The first-order valence-corrected chi connectivity index (χ1v) is 2.82. The normalized spacial score (nSPS) is 15.8. The second-order valence-corrected chi connectivity index (χ2v) is 1.96. The Balaban J connectivity index is 2.99. The van der Waals surface area contributed by atoms with Crippen molar-refractivity contribution in [2.24, 2.45) is 0 Å². The summed E-state index contributed by atoms with van der Waals surface area (Å²) in [6, 6.07) is 0. The third-order valence-corrected chi connectivity index (χ3v) is 1.18. The van der Waals surface area contributed by atoms with Gasteiger partial charge in [-0.25, -0.2) is 4.79 Å². The summed E-state index contributed by atoms with van der Waals surface area (Å²) in [5.74, 6) is -2.37. The van der Waals surface area contributed by atoms with Gasteiger partial charge in [-0.2, -0.15) is 0 Å². The number of ketones is 2. The number of carbonyl (C=O) groups is 3. The third-order valence-electron chi connectivity index (χ3n) is 1.18. The number of allylic oxidation sites excluding steroid dienone is 3. The third kappa shape index (κ3) is 1.40. The molecule has 0 aromatic heterocycles. The molecule has 1 N–H and O–H groups in total. The van der Waals surface area contributed by atoms with Gasteiger partial charge in [0.1, 0.15) is 0 Å². The average Bonchev–Trinajstić information content (AvgIpc) is 2.18. The molecule has 0 fully saturated rings. The van der Waals surface area contributed by atoms with Gasteiger partial charge in [0.15, 0.2) is 11.6 Å². The Morgan fingerprint density at radius 2 is 1.73 bits per heavy atom. The van der Waals surface area contributed by atoms with E-state index in [-0.39, 0.29) is 5.57 Å². The van der Waals surface area contributed by atoms with Crippen LogP contribution in [0.1, 0.15) is 0 Å². The molecule has 0 aliphatic heterocycles. The van der Waals surface area contributed by atoms with Crippen molar-refractivity contribution in [1.82, 2.24) is 0 Å². The van der Waals surface area contributed by atoms with E-state index in [9.17, 15) is 14.4 Å². The van der Waals surface area contributed by atoms with Crippen LogP contribution in [0, 0.1) is 0 Å². The molecule has 0 amide bonds. The molecule has 0 saturated heterocycles. The summed E-state index contributed by atoms with van der Waals surface area (Å²) in [6.07, 6.45) is 2.72. The highest BCUT2D eigenvalue weighted by Gasteiger charge is 2.20. The van der Waals surface area contributed by atoms with Gasteiger partial charge in [-0.15, -0.1) is 0 Å². The minimum atomic E-state index is -1.29. The molecule has 0 spiro atoms. The number of hydrogen-bond acceptors (Lipinski definition) is 3. The molecule has 0 unspecified atom stereocenters. The van der Waals surface area contributed by atoms with Gasteiger partial charge in [0.25, 0.3) is 0 Å². The lowest BCUT2D eigenvalue weighted by Gasteiger charge is -1.87. The van der Waals surface area contributed by atoms with Gasteiger partial charge in [0.05, 0.1) is 5.57 Å². The van der Waals surface area contributed by atoms with Crippen molar-refractivity contribution in [3.8, 4) is 0 Å². The van der Waals surface area contributed by atoms with E-state index in [1.165, 1.54) is 0 Å². The maximum absolute atomic E-state index is 10.7. The van der Waals surface area contributed by atoms with Gasteiger partial charge in [-0.3, -0.25) is 9.59 Å². The van der Waals surface area contributed by atoms with E-state index in [0.29, 0.717) is 6.08 Å². The van der Waals surface area contributed by atoms with Crippen LogP contribution in [-0.4, -0.2) is 22.6 Å². The van der Waals surface area contributed by atoms with Gasteiger partial charge in [-0.05, 0) is 12.2 Å². The summed E-state index contributed by atoms with van der Waals surface area (Å²) in [5, 5.41) is 8.20. The molecule has 11 heavy (non-hydrogen) atoms.